The minimum atomic E-state index is -4.67. The van der Waals surface area contributed by atoms with Crippen molar-refractivity contribution in [2.24, 2.45) is 0 Å². The summed E-state index contributed by atoms with van der Waals surface area (Å²) in [6.45, 7) is 8.02. The maximum atomic E-state index is 11.5. The zero-order valence-electron chi connectivity index (χ0n) is 17.5. The molecular weight excluding hydrogens is 428 g/mol. The van der Waals surface area contributed by atoms with Crippen LogP contribution in [0.15, 0.2) is 30.3 Å². The predicted octanol–water partition coefficient (Wildman–Crippen LogP) is 4.89. The second-order valence-electron chi connectivity index (χ2n) is 7.10. The Labute approximate surface area is 182 Å². The van der Waals surface area contributed by atoms with Crippen LogP contribution in [0.4, 0.5) is 0 Å². The number of aryl methyl sites for hydroxylation is 4. The molecule has 0 saturated carbocycles. The molecule has 0 spiro atoms. The van der Waals surface area contributed by atoms with Gasteiger partial charge in [-0.1, -0.05) is 29.8 Å². The van der Waals surface area contributed by atoms with Gasteiger partial charge in [0.25, 0.3) is 0 Å². The second-order valence-corrected chi connectivity index (χ2v) is 8.38. The lowest BCUT2D eigenvalue weighted by Crippen LogP contribution is -2.02. The molecule has 0 fully saturated rings. The minimum Gasteiger partial charge on any atom is -0.294 e. The van der Waals surface area contributed by atoms with Crippen LogP contribution in [-0.2, 0) is 16.8 Å². The maximum absolute atomic E-state index is 11.5. The Morgan fingerprint density at radius 1 is 0.967 bits per heavy atom. The molecule has 164 valence electrons. The lowest BCUT2D eigenvalue weighted by Gasteiger charge is -2.04. The quantitative estimate of drug-likeness (QED) is 0.388. The molecule has 1 aliphatic carbocycles. The van der Waals surface area contributed by atoms with Gasteiger partial charge in [-0.3, -0.25) is 18.7 Å². The van der Waals surface area contributed by atoms with Gasteiger partial charge in [0.1, 0.15) is 0 Å². The molecule has 0 unspecified atom stereocenters. The van der Waals surface area contributed by atoms with Crippen LogP contribution in [0.2, 0.25) is 0 Å². The number of alkyl halides is 1. The van der Waals surface area contributed by atoms with E-state index in [4.69, 9.17) is 29.1 Å². The normalized spacial score (nSPS) is 12.3. The van der Waals surface area contributed by atoms with Gasteiger partial charge in [-0.2, -0.15) is 8.42 Å². The molecule has 0 bridgehead atoms. The van der Waals surface area contributed by atoms with Crippen LogP contribution >= 0.6 is 11.6 Å². The van der Waals surface area contributed by atoms with Crippen molar-refractivity contribution in [2.75, 3.05) is 5.88 Å². The van der Waals surface area contributed by atoms with Crippen molar-refractivity contribution in [3.8, 4) is 0 Å². The van der Waals surface area contributed by atoms with Crippen molar-refractivity contribution in [2.45, 2.75) is 47.0 Å². The summed E-state index contributed by atoms with van der Waals surface area (Å²) in [4.78, 5) is 23.0. The molecule has 0 atom stereocenters. The molecule has 0 radical (unpaired) electrons. The van der Waals surface area contributed by atoms with Crippen LogP contribution in [0.3, 0.4) is 0 Å². The van der Waals surface area contributed by atoms with Crippen LogP contribution in [0.5, 0.6) is 0 Å². The fraction of sp³-hybridized carbons (Fsp3) is 0.364. The van der Waals surface area contributed by atoms with Crippen LogP contribution in [0.25, 0.3) is 0 Å². The highest BCUT2D eigenvalue weighted by molar-refractivity contribution is 7.79. The van der Waals surface area contributed by atoms with E-state index in [9.17, 15) is 9.59 Å². The Hall–Kier alpha value is -2.06. The molecule has 1 aliphatic rings. The minimum absolute atomic E-state index is 0.135. The number of ketones is 2. The van der Waals surface area contributed by atoms with E-state index >= 15 is 0 Å². The smallest absolute Gasteiger partial charge is 0.294 e. The third-order valence-corrected chi connectivity index (χ3v) is 4.84. The largest absolute Gasteiger partial charge is 0.394 e. The number of Topliss-reactive ketones (excluding diaryl/α,β-unsaturated/α-hetero) is 2. The number of rotatable bonds is 3. The highest BCUT2D eigenvalue weighted by Crippen LogP contribution is 2.27. The van der Waals surface area contributed by atoms with E-state index in [-0.39, 0.29) is 5.78 Å². The van der Waals surface area contributed by atoms with Crippen LogP contribution in [0, 0.1) is 27.7 Å². The number of hydrogen-bond acceptors (Lipinski definition) is 4. The highest BCUT2D eigenvalue weighted by Gasteiger charge is 2.22. The summed E-state index contributed by atoms with van der Waals surface area (Å²) in [6, 6.07) is 10.0. The summed E-state index contributed by atoms with van der Waals surface area (Å²) < 4.78 is 31.6. The third kappa shape index (κ3) is 8.36. The van der Waals surface area contributed by atoms with Crippen molar-refractivity contribution in [1.82, 2.24) is 0 Å². The van der Waals surface area contributed by atoms with Gasteiger partial charge < -0.3 is 0 Å². The molecule has 0 aliphatic heterocycles. The van der Waals surface area contributed by atoms with E-state index in [1.165, 1.54) is 11.1 Å². The standard InChI is InChI=1S/C11H13ClO.C11H12O.H2O4S/c1-8-3-4-9(2)10(7-8)11(13)5-6-12;1-7-3-4-8(2)11-9(7)5-6-10(11)12;1-5(2,3)4/h3-4,7H,5-6H2,1-2H3;3-4H,5-6H2,1-2H3;(H2,1,2,3,4). The average molecular weight is 455 g/mol. The fourth-order valence-electron chi connectivity index (χ4n) is 3.20. The number of hydrogen-bond donors (Lipinski definition) is 2. The third-order valence-electron chi connectivity index (χ3n) is 4.65. The SMILES string of the molecule is Cc1ccc(C)c(C(=O)CCCl)c1.Cc1ccc(C)c2c1CCC2=O.O=S(=O)(O)O. The van der Waals surface area contributed by atoms with Crippen molar-refractivity contribution < 1.29 is 27.1 Å². The first-order valence-electron chi connectivity index (χ1n) is 9.33. The predicted molar refractivity (Wildman–Crippen MR) is 118 cm³/mol. The molecule has 2 aromatic carbocycles. The molecular formula is C22H27ClO6S. The lowest BCUT2D eigenvalue weighted by atomic mass is 10.00. The molecule has 8 heteroatoms. The molecule has 2 aromatic rings. The van der Waals surface area contributed by atoms with Gasteiger partial charge in [0.2, 0.25) is 0 Å². The van der Waals surface area contributed by atoms with Crippen molar-refractivity contribution >= 4 is 33.6 Å². The zero-order chi connectivity index (χ0) is 23.1. The first-order chi connectivity index (χ1) is 13.8. The van der Waals surface area contributed by atoms with E-state index in [0.717, 1.165) is 34.2 Å². The van der Waals surface area contributed by atoms with Gasteiger partial charge in [0.05, 0.1) is 0 Å². The molecule has 6 nitrogen and oxygen atoms in total. The van der Waals surface area contributed by atoms with Crippen molar-refractivity contribution in [3.63, 3.8) is 0 Å². The van der Waals surface area contributed by atoms with E-state index in [1.54, 1.807) is 0 Å². The van der Waals surface area contributed by atoms with E-state index in [0.29, 0.717) is 24.5 Å². The number of carbonyl (C=O) groups is 2. The summed E-state index contributed by atoms with van der Waals surface area (Å²) in [5.41, 5.74) is 7.62. The van der Waals surface area contributed by atoms with Crippen LogP contribution in [0.1, 0.15) is 61.4 Å². The van der Waals surface area contributed by atoms with E-state index in [1.807, 2.05) is 45.0 Å². The Balaban J connectivity index is 0.000000247. The summed E-state index contributed by atoms with van der Waals surface area (Å²) in [6.07, 6.45) is 2.08. The Morgan fingerprint density at radius 3 is 2.03 bits per heavy atom. The van der Waals surface area contributed by atoms with Crippen LogP contribution in [-0.4, -0.2) is 35.0 Å². The summed E-state index contributed by atoms with van der Waals surface area (Å²) >= 11 is 5.52. The van der Waals surface area contributed by atoms with Gasteiger partial charge >= 0.3 is 10.4 Å². The number of carbonyl (C=O) groups excluding carboxylic acids is 2. The molecule has 3 rings (SSSR count). The number of benzene rings is 2. The molecule has 2 N–H and O–H groups in total. The Bertz CT molecular complexity index is 1020. The average Bonchev–Trinajstić information content (AvgIpc) is 3.03. The molecule has 0 aromatic heterocycles. The van der Waals surface area contributed by atoms with Crippen molar-refractivity contribution in [3.05, 3.63) is 69.3 Å². The highest BCUT2D eigenvalue weighted by atomic mass is 35.5. The van der Waals surface area contributed by atoms with Gasteiger partial charge in [0, 0.05) is 29.8 Å². The first-order valence-corrected chi connectivity index (χ1v) is 11.3. The lowest BCUT2D eigenvalue weighted by molar-refractivity contribution is 0.0982. The maximum Gasteiger partial charge on any atom is 0.394 e. The number of halogens is 1. The molecule has 0 amide bonds. The first kappa shape index (κ1) is 26.0. The monoisotopic (exact) mass is 454 g/mol. The van der Waals surface area contributed by atoms with Gasteiger partial charge in [-0.15, -0.1) is 11.6 Å². The molecule has 30 heavy (non-hydrogen) atoms. The zero-order valence-corrected chi connectivity index (χ0v) is 19.1. The Kier molecular flexibility index (Phi) is 9.84. The number of fused-ring (bicyclic) bond motifs is 1. The van der Waals surface area contributed by atoms with Gasteiger partial charge in [0.15, 0.2) is 11.6 Å². The summed E-state index contributed by atoms with van der Waals surface area (Å²) in [7, 11) is -4.67. The topological polar surface area (TPSA) is 109 Å². The van der Waals surface area contributed by atoms with E-state index in [2.05, 4.69) is 13.0 Å². The fourth-order valence-corrected chi connectivity index (χ4v) is 3.37. The van der Waals surface area contributed by atoms with E-state index < -0.39 is 10.4 Å². The van der Waals surface area contributed by atoms with Crippen molar-refractivity contribution in [1.29, 1.82) is 0 Å². The van der Waals surface area contributed by atoms with Gasteiger partial charge in [-0.05, 0) is 62.4 Å². The summed E-state index contributed by atoms with van der Waals surface area (Å²) in [5.74, 6) is 0.856. The Morgan fingerprint density at radius 2 is 1.50 bits per heavy atom. The summed E-state index contributed by atoms with van der Waals surface area (Å²) in [5, 5.41) is 0. The molecule has 0 heterocycles. The van der Waals surface area contributed by atoms with Gasteiger partial charge in [-0.25, -0.2) is 0 Å². The second kappa shape index (κ2) is 11.4. The molecule has 0 saturated heterocycles. The van der Waals surface area contributed by atoms with Crippen LogP contribution < -0.4 is 0 Å².